The molecule has 0 saturated heterocycles. The van der Waals surface area contributed by atoms with Crippen molar-refractivity contribution >= 4 is 11.6 Å². The van der Waals surface area contributed by atoms with Gasteiger partial charge in [0.05, 0.1) is 5.02 Å². The first-order valence-electron chi connectivity index (χ1n) is 6.16. The Morgan fingerprint density at radius 1 is 1.15 bits per heavy atom. The third-order valence-corrected chi connectivity index (χ3v) is 3.14. The summed E-state index contributed by atoms with van der Waals surface area (Å²) in [4.78, 5) is 0. The maximum Gasteiger partial charge on any atom is 0.165 e. The van der Waals surface area contributed by atoms with E-state index in [9.17, 15) is 8.78 Å². The molecule has 0 bridgehead atoms. The second kappa shape index (κ2) is 6.68. The molecule has 2 rings (SSSR count). The van der Waals surface area contributed by atoms with Gasteiger partial charge in [-0.15, -0.1) is 0 Å². The molecule has 0 saturated carbocycles. The van der Waals surface area contributed by atoms with Crippen LogP contribution in [0.1, 0.15) is 11.1 Å². The minimum Gasteiger partial charge on any atom is -0.486 e. The quantitative estimate of drug-likeness (QED) is 0.913. The van der Waals surface area contributed by atoms with Gasteiger partial charge in [-0.1, -0.05) is 29.8 Å². The Morgan fingerprint density at radius 3 is 2.65 bits per heavy atom. The summed E-state index contributed by atoms with van der Waals surface area (Å²) in [7, 11) is 0. The Balaban J connectivity index is 2.09. The predicted octanol–water partition coefficient (Wildman–Crippen LogP) is 3.70. The van der Waals surface area contributed by atoms with E-state index in [1.807, 2.05) is 0 Å². The van der Waals surface area contributed by atoms with Crippen LogP contribution < -0.4 is 10.5 Å². The average Bonchev–Trinajstić information content (AvgIpc) is 2.42. The molecule has 0 atom stereocenters. The molecule has 0 spiro atoms. The molecule has 0 aromatic heterocycles. The van der Waals surface area contributed by atoms with Crippen molar-refractivity contribution in [3.8, 4) is 5.75 Å². The largest absolute Gasteiger partial charge is 0.486 e. The zero-order valence-corrected chi connectivity index (χ0v) is 11.5. The van der Waals surface area contributed by atoms with Crippen molar-refractivity contribution in [3.05, 3.63) is 64.2 Å². The summed E-state index contributed by atoms with van der Waals surface area (Å²) in [5.41, 5.74) is 6.48. The van der Waals surface area contributed by atoms with Gasteiger partial charge < -0.3 is 10.5 Å². The predicted molar refractivity (Wildman–Crippen MR) is 74.9 cm³/mol. The summed E-state index contributed by atoms with van der Waals surface area (Å²) in [6.45, 7) is 0.368. The first kappa shape index (κ1) is 14.8. The van der Waals surface area contributed by atoms with Gasteiger partial charge in [-0.3, -0.25) is 0 Å². The molecule has 0 unspecified atom stereocenters. The Hall–Kier alpha value is -1.65. The van der Waals surface area contributed by atoms with Crippen molar-refractivity contribution in [2.75, 3.05) is 6.54 Å². The summed E-state index contributed by atoms with van der Waals surface area (Å²) in [5, 5.41) is 0.0184. The van der Waals surface area contributed by atoms with Crippen LogP contribution in [0.2, 0.25) is 5.02 Å². The van der Waals surface area contributed by atoms with Crippen LogP contribution in [0.25, 0.3) is 0 Å². The molecular formula is C15H14ClF2NO. The van der Waals surface area contributed by atoms with Gasteiger partial charge in [0.1, 0.15) is 12.4 Å². The van der Waals surface area contributed by atoms with Crippen molar-refractivity contribution in [1.82, 2.24) is 0 Å². The van der Waals surface area contributed by atoms with Crippen molar-refractivity contribution in [1.29, 1.82) is 0 Å². The highest BCUT2D eigenvalue weighted by Gasteiger charge is 2.09. The smallest absolute Gasteiger partial charge is 0.165 e. The van der Waals surface area contributed by atoms with E-state index in [4.69, 9.17) is 22.1 Å². The number of rotatable bonds is 5. The maximum absolute atomic E-state index is 13.8. The van der Waals surface area contributed by atoms with Crippen LogP contribution in [-0.4, -0.2) is 6.54 Å². The normalized spacial score (nSPS) is 10.6. The molecule has 106 valence electrons. The Bertz CT molecular complexity index is 604. The van der Waals surface area contributed by atoms with Gasteiger partial charge in [0.15, 0.2) is 11.6 Å². The minimum absolute atomic E-state index is 0.0184. The fourth-order valence-corrected chi connectivity index (χ4v) is 1.99. The van der Waals surface area contributed by atoms with E-state index in [0.717, 1.165) is 5.56 Å². The number of halogens is 3. The van der Waals surface area contributed by atoms with E-state index in [-0.39, 0.29) is 22.9 Å². The standard InChI is InChI=1S/C15H14ClF2NO/c16-12-3-1-2-11(15(12)18)9-20-14-5-4-10(6-7-19)8-13(14)17/h1-5,8H,6-7,9,19H2. The summed E-state index contributed by atoms with van der Waals surface area (Å²) in [6, 6.07) is 9.23. The van der Waals surface area contributed by atoms with Crippen LogP contribution in [0.15, 0.2) is 36.4 Å². The van der Waals surface area contributed by atoms with E-state index in [2.05, 4.69) is 0 Å². The minimum atomic E-state index is -0.547. The van der Waals surface area contributed by atoms with Gasteiger partial charge in [-0.2, -0.15) is 0 Å². The van der Waals surface area contributed by atoms with E-state index in [1.165, 1.54) is 18.2 Å². The van der Waals surface area contributed by atoms with E-state index in [0.29, 0.717) is 13.0 Å². The molecule has 2 aromatic carbocycles. The van der Waals surface area contributed by atoms with Crippen molar-refractivity contribution in [3.63, 3.8) is 0 Å². The molecule has 2 nitrogen and oxygen atoms in total. The summed E-state index contributed by atoms with van der Waals surface area (Å²) >= 11 is 5.67. The number of ether oxygens (including phenoxy) is 1. The van der Waals surface area contributed by atoms with Gasteiger partial charge in [0.2, 0.25) is 0 Å². The molecule has 0 heterocycles. The SMILES string of the molecule is NCCc1ccc(OCc2cccc(Cl)c2F)c(F)c1. The third kappa shape index (κ3) is 3.46. The highest BCUT2D eigenvalue weighted by Crippen LogP contribution is 2.22. The topological polar surface area (TPSA) is 35.2 Å². The highest BCUT2D eigenvalue weighted by molar-refractivity contribution is 6.30. The second-order valence-corrected chi connectivity index (χ2v) is 4.71. The van der Waals surface area contributed by atoms with Crippen LogP contribution in [0.3, 0.4) is 0 Å². The molecule has 0 aliphatic heterocycles. The maximum atomic E-state index is 13.8. The number of benzene rings is 2. The summed E-state index contributed by atoms with van der Waals surface area (Å²) < 4.78 is 32.7. The number of nitrogens with two attached hydrogens (primary N) is 1. The van der Waals surface area contributed by atoms with Gasteiger partial charge in [0.25, 0.3) is 0 Å². The molecular weight excluding hydrogens is 284 g/mol. The summed E-state index contributed by atoms with van der Waals surface area (Å²) in [6.07, 6.45) is 0.597. The molecule has 0 radical (unpaired) electrons. The molecule has 0 fully saturated rings. The summed E-state index contributed by atoms with van der Waals surface area (Å²) in [5.74, 6) is -0.960. The average molecular weight is 298 g/mol. The van der Waals surface area contributed by atoms with E-state index in [1.54, 1.807) is 18.2 Å². The third-order valence-electron chi connectivity index (χ3n) is 2.84. The second-order valence-electron chi connectivity index (χ2n) is 4.31. The Kier molecular flexibility index (Phi) is 4.93. The van der Waals surface area contributed by atoms with Gasteiger partial charge >= 0.3 is 0 Å². The van der Waals surface area contributed by atoms with Gasteiger partial charge in [-0.05, 0) is 36.7 Å². The zero-order chi connectivity index (χ0) is 14.5. The molecule has 5 heteroatoms. The van der Waals surface area contributed by atoms with E-state index < -0.39 is 11.6 Å². The van der Waals surface area contributed by atoms with Crippen molar-refractivity contribution in [2.45, 2.75) is 13.0 Å². The fraction of sp³-hybridized carbons (Fsp3) is 0.200. The van der Waals surface area contributed by atoms with E-state index >= 15 is 0 Å². The lowest BCUT2D eigenvalue weighted by atomic mass is 10.1. The van der Waals surface area contributed by atoms with Gasteiger partial charge in [-0.25, -0.2) is 8.78 Å². The van der Waals surface area contributed by atoms with Gasteiger partial charge in [0, 0.05) is 5.56 Å². The van der Waals surface area contributed by atoms with Crippen LogP contribution >= 0.6 is 11.6 Å². The molecule has 0 aliphatic carbocycles. The molecule has 20 heavy (non-hydrogen) atoms. The van der Waals surface area contributed by atoms with Crippen LogP contribution in [-0.2, 0) is 13.0 Å². The van der Waals surface area contributed by atoms with Crippen molar-refractivity contribution < 1.29 is 13.5 Å². The molecule has 2 aromatic rings. The first-order chi connectivity index (χ1) is 9.61. The fourth-order valence-electron chi connectivity index (χ4n) is 1.80. The van der Waals surface area contributed by atoms with Crippen molar-refractivity contribution in [2.24, 2.45) is 5.73 Å². The Labute approximate surface area is 121 Å². The highest BCUT2D eigenvalue weighted by atomic mass is 35.5. The lowest BCUT2D eigenvalue weighted by molar-refractivity contribution is 0.284. The molecule has 0 aliphatic rings. The molecule has 0 amide bonds. The number of hydrogen-bond donors (Lipinski definition) is 1. The Morgan fingerprint density at radius 2 is 1.95 bits per heavy atom. The van der Waals surface area contributed by atoms with Crippen LogP contribution in [0.4, 0.5) is 8.78 Å². The van der Waals surface area contributed by atoms with Crippen LogP contribution in [0, 0.1) is 11.6 Å². The lowest BCUT2D eigenvalue weighted by Gasteiger charge is -2.09. The zero-order valence-electron chi connectivity index (χ0n) is 10.7. The molecule has 2 N–H and O–H groups in total. The number of hydrogen-bond acceptors (Lipinski definition) is 2. The first-order valence-corrected chi connectivity index (χ1v) is 6.54. The monoisotopic (exact) mass is 297 g/mol. The van der Waals surface area contributed by atoms with Crippen LogP contribution in [0.5, 0.6) is 5.75 Å². The lowest BCUT2D eigenvalue weighted by Crippen LogP contribution is -2.04.